The summed E-state index contributed by atoms with van der Waals surface area (Å²) in [5.74, 6) is 1.33. The molecule has 3 rings (SSSR count). The second-order valence-electron chi connectivity index (χ2n) is 5.05. The van der Waals surface area contributed by atoms with Gasteiger partial charge in [-0.3, -0.25) is 0 Å². The first kappa shape index (κ1) is 13.7. The van der Waals surface area contributed by atoms with Crippen molar-refractivity contribution in [1.82, 2.24) is 20.4 Å². The minimum absolute atomic E-state index is 0.000523. The van der Waals surface area contributed by atoms with Crippen LogP contribution in [0, 0.1) is 0 Å². The Kier molecular flexibility index (Phi) is 3.89. The molecular formula is C14H18N4O3. The number of carbonyl (C=O) groups excluding carboxylic acids is 1. The topological polar surface area (TPSA) is 84.4 Å². The van der Waals surface area contributed by atoms with Crippen molar-refractivity contribution < 1.29 is 13.6 Å². The Hall–Kier alpha value is -2.31. The highest BCUT2D eigenvalue weighted by molar-refractivity contribution is 5.74. The summed E-state index contributed by atoms with van der Waals surface area (Å²) in [6.45, 7) is 3.98. The first-order valence-electron chi connectivity index (χ1n) is 7.16. The summed E-state index contributed by atoms with van der Waals surface area (Å²) in [5, 5.41) is 11.0. The van der Waals surface area contributed by atoms with E-state index >= 15 is 0 Å². The number of nitrogens with one attached hydrogen (secondary N) is 1. The predicted octanol–water partition coefficient (Wildman–Crippen LogP) is 2.24. The van der Waals surface area contributed by atoms with E-state index in [0.29, 0.717) is 31.4 Å². The maximum atomic E-state index is 11.8. The SMILES string of the molecule is CCNC(=O)N1CCC(c2nnc(-c3ccoc3)o2)CC1. The van der Waals surface area contributed by atoms with Crippen molar-refractivity contribution in [3.8, 4) is 11.5 Å². The molecule has 0 bridgehead atoms. The summed E-state index contributed by atoms with van der Waals surface area (Å²) in [7, 11) is 0. The molecule has 1 aliphatic rings. The number of aromatic nitrogens is 2. The number of rotatable bonds is 3. The maximum absolute atomic E-state index is 11.8. The number of hydrogen-bond donors (Lipinski definition) is 1. The molecule has 7 heteroatoms. The Labute approximate surface area is 122 Å². The molecule has 0 radical (unpaired) electrons. The smallest absolute Gasteiger partial charge is 0.317 e. The second kappa shape index (κ2) is 5.99. The minimum Gasteiger partial charge on any atom is -0.472 e. The molecule has 2 amide bonds. The highest BCUT2D eigenvalue weighted by Crippen LogP contribution is 2.29. The van der Waals surface area contributed by atoms with Gasteiger partial charge in [0.05, 0.1) is 11.8 Å². The fourth-order valence-corrected chi connectivity index (χ4v) is 2.49. The summed E-state index contributed by atoms with van der Waals surface area (Å²) < 4.78 is 10.7. The van der Waals surface area contributed by atoms with Gasteiger partial charge in [-0.2, -0.15) is 0 Å². The van der Waals surface area contributed by atoms with Gasteiger partial charge in [0.15, 0.2) is 0 Å². The standard InChI is InChI=1S/C14H18N4O3/c1-2-15-14(19)18-6-3-10(4-7-18)12-16-17-13(21-12)11-5-8-20-9-11/h5,8-10H,2-4,6-7H2,1H3,(H,15,19). The lowest BCUT2D eigenvalue weighted by molar-refractivity contribution is 0.178. The first-order valence-corrected chi connectivity index (χ1v) is 7.16. The van der Waals surface area contributed by atoms with Crippen LogP contribution in [0.1, 0.15) is 31.6 Å². The summed E-state index contributed by atoms with van der Waals surface area (Å²) in [4.78, 5) is 13.6. The highest BCUT2D eigenvalue weighted by atomic mass is 16.4. The predicted molar refractivity (Wildman–Crippen MR) is 74.6 cm³/mol. The van der Waals surface area contributed by atoms with Crippen LogP contribution in [-0.4, -0.2) is 40.8 Å². The lowest BCUT2D eigenvalue weighted by atomic mass is 9.97. The van der Waals surface area contributed by atoms with Crippen molar-refractivity contribution in [3.63, 3.8) is 0 Å². The number of urea groups is 1. The molecule has 21 heavy (non-hydrogen) atoms. The highest BCUT2D eigenvalue weighted by Gasteiger charge is 2.27. The summed E-state index contributed by atoms with van der Waals surface area (Å²) in [5.41, 5.74) is 0.786. The fourth-order valence-electron chi connectivity index (χ4n) is 2.49. The molecule has 3 heterocycles. The zero-order valence-corrected chi connectivity index (χ0v) is 11.9. The molecule has 1 N–H and O–H groups in total. The summed E-state index contributed by atoms with van der Waals surface area (Å²) in [6.07, 6.45) is 4.83. The molecule has 0 unspecified atom stereocenters. The number of carbonyl (C=O) groups is 1. The van der Waals surface area contributed by atoms with Gasteiger partial charge >= 0.3 is 6.03 Å². The van der Waals surface area contributed by atoms with E-state index in [1.54, 1.807) is 18.6 Å². The van der Waals surface area contributed by atoms with Gasteiger partial charge in [0.2, 0.25) is 5.89 Å². The molecule has 1 fully saturated rings. The largest absolute Gasteiger partial charge is 0.472 e. The van der Waals surface area contributed by atoms with Gasteiger partial charge in [-0.1, -0.05) is 0 Å². The van der Waals surface area contributed by atoms with Gasteiger partial charge in [0, 0.05) is 25.6 Å². The quantitative estimate of drug-likeness (QED) is 0.937. The van der Waals surface area contributed by atoms with Crippen molar-refractivity contribution >= 4 is 6.03 Å². The van der Waals surface area contributed by atoms with Crippen LogP contribution < -0.4 is 5.32 Å². The van der Waals surface area contributed by atoms with Crippen molar-refractivity contribution in [2.45, 2.75) is 25.7 Å². The molecule has 112 valence electrons. The zero-order valence-electron chi connectivity index (χ0n) is 11.9. The van der Waals surface area contributed by atoms with Gasteiger partial charge in [-0.25, -0.2) is 4.79 Å². The van der Waals surface area contributed by atoms with E-state index in [1.165, 1.54) is 0 Å². The molecule has 0 aliphatic carbocycles. The number of nitrogens with zero attached hydrogens (tertiary/aromatic N) is 3. The lowest BCUT2D eigenvalue weighted by Crippen LogP contribution is -2.44. The van der Waals surface area contributed by atoms with E-state index in [9.17, 15) is 4.79 Å². The van der Waals surface area contributed by atoms with Crippen molar-refractivity contribution in [3.05, 3.63) is 24.5 Å². The molecule has 7 nitrogen and oxygen atoms in total. The van der Waals surface area contributed by atoms with Gasteiger partial charge < -0.3 is 19.1 Å². The third-order valence-corrected chi connectivity index (χ3v) is 3.67. The van der Waals surface area contributed by atoms with Crippen molar-refractivity contribution in [2.24, 2.45) is 0 Å². The van der Waals surface area contributed by atoms with Crippen LogP contribution in [0.4, 0.5) is 4.79 Å². The Balaban J connectivity index is 1.61. The number of furan rings is 1. The number of hydrogen-bond acceptors (Lipinski definition) is 5. The Morgan fingerprint density at radius 2 is 2.24 bits per heavy atom. The van der Waals surface area contributed by atoms with E-state index in [1.807, 2.05) is 11.8 Å². The minimum atomic E-state index is 0.000523. The number of piperidine rings is 1. The van der Waals surface area contributed by atoms with Crippen LogP contribution in [0.5, 0.6) is 0 Å². The monoisotopic (exact) mass is 290 g/mol. The molecule has 1 aliphatic heterocycles. The van der Waals surface area contributed by atoms with Gasteiger partial charge in [-0.15, -0.1) is 10.2 Å². The molecule has 0 saturated carbocycles. The average molecular weight is 290 g/mol. The zero-order chi connectivity index (χ0) is 14.7. The van der Waals surface area contributed by atoms with Crippen LogP contribution in [0.2, 0.25) is 0 Å². The summed E-state index contributed by atoms with van der Waals surface area (Å²) >= 11 is 0. The molecule has 0 aromatic carbocycles. The van der Waals surface area contributed by atoms with Crippen LogP contribution in [0.15, 0.2) is 27.4 Å². The molecule has 0 spiro atoms. The fraction of sp³-hybridized carbons (Fsp3) is 0.500. The summed E-state index contributed by atoms with van der Waals surface area (Å²) in [6, 6.07) is 1.79. The molecule has 0 atom stereocenters. The van der Waals surface area contributed by atoms with Gasteiger partial charge in [-0.05, 0) is 25.8 Å². The molecule has 2 aromatic heterocycles. The Morgan fingerprint density at radius 3 is 2.90 bits per heavy atom. The normalized spacial score (nSPS) is 16.1. The number of amides is 2. The van der Waals surface area contributed by atoms with E-state index in [-0.39, 0.29) is 11.9 Å². The Morgan fingerprint density at radius 1 is 1.43 bits per heavy atom. The Bertz CT molecular complexity index is 585. The van der Waals surface area contributed by atoms with E-state index in [4.69, 9.17) is 8.83 Å². The number of likely N-dealkylation sites (tertiary alicyclic amines) is 1. The third kappa shape index (κ3) is 2.91. The van der Waals surface area contributed by atoms with Crippen molar-refractivity contribution in [2.75, 3.05) is 19.6 Å². The van der Waals surface area contributed by atoms with E-state index in [0.717, 1.165) is 18.4 Å². The van der Waals surface area contributed by atoms with Crippen LogP contribution in [-0.2, 0) is 0 Å². The second-order valence-corrected chi connectivity index (χ2v) is 5.05. The van der Waals surface area contributed by atoms with Crippen LogP contribution in [0.3, 0.4) is 0 Å². The first-order chi connectivity index (χ1) is 10.3. The molecular weight excluding hydrogens is 272 g/mol. The van der Waals surface area contributed by atoms with Crippen LogP contribution in [0.25, 0.3) is 11.5 Å². The maximum Gasteiger partial charge on any atom is 0.317 e. The van der Waals surface area contributed by atoms with E-state index < -0.39 is 0 Å². The third-order valence-electron chi connectivity index (χ3n) is 3.67. The molecule has 1 saturated heterocycles. The average Bonchev–Trinajstić information content (AvgIpc) is 3.19. The van der Waals surface area contributed by atoms with Gasteiger partial charge in [0.25, 0.3) is 5.89 Å². The molecule has 2 aromatic rings. The van der Waals surface area contributed by atoms with E-state index in [2.05, 4.69) is 15.5 Å². The van der Waals surface area contributed by atoms with Crippen molar-refractivity contribution in [1.29, 1.82) is 0 Å². The van der Waals surface area contributed by atoms with Crippen LogP contribution >= 0.6 is 0 Å². The van der Waals surface area contributed by atoms with Gasteiger partial charge in [0.1, 0.15) is 6.26 Å². The lowest BCUT2D eigenvalue weighted by Gasteiger charge is -2.30.